The Morgan fingerprint density at radius 3 is 2.79 bits per heavy atom. The minimum Gasteiger partial charge on any atom is -0.396 e. The third-order valence-corrected chi connectivity index (χ3v) is 2.85. The topological polar surface area (TPSA) is 64.2 Å². The van der Waals surface area contributed by atoms with Crippen LogP contribution in [0.4, 0.5) is 15.8 Å². The zero-order chi connectivity index (χ0) is 14.0. The smallest absolute Gasteiger partial charge is 0.278 e. The molecule has 1 amide bonds. The van der Waals surface area contributed by atoms with Crippen LogP contribution in [-0.2, 0) is 7.05 Å². The molecule has 0 unspecified atom stereocenters. The van der Waals surface area contributed by atoms with Gasteiger partial charge >= 0.3 is 0 Å². The fourth-order valence-electron chi connectivity index (χ4n) is 1.93. The van der Waals surface area contributed by atoms with Crippen molar-refractivity contribution in [1.29, 1.82) is 0 Å². The van der Waals surface area contributed by atoms with E-state index in [0.717, 1.165) is 0 Å². The van der Waals surface area contributed by atoms with E-state index in [2.05, 4.69) is 5.10 Å². The second kappa shape index (κ2) is 5.09. The van der Waals surface area contributed by atoms with Crippen LogP contribution in [0.1, 0.15) is 17.4 Å². The third-order valence-electron chi connectivity index (χ3n) is 2.85. The van der Waals surface area contributed by atoms with Crippen molar-refractivity contribution in [3.8, 4) is 0 Å². The average Bonchev–Trinajstić information content (AvgIpc) is 2.70. The molecule has 1 aromatic heterocycles. The first kappa shape index (κ1) is 13.1. The monoisotopic (exact) mass is 262 g/mol. The standard InChI is InChI=1S/C13H15FN4O/c1-3-18(10-6-4-5-9(14)7-10)13(19)12-11(15)8-16-17(12)2/h4-8H,3,15H2,1-2H3. The number of carbonyl (C=O) groups excluding carboxylic acids is 1. The lowest BCUT2D eigenvalue weighted by molar-refractivity contribution is 0.0980. The quantitative estimate of drug-likeness (QED) is 0.917. The number of rotatable bonds is 3. The largest absolute Gasteiger partial charge is 0.396 e. The fraction of sp³-hybridized carbons (Fsp3) is 0.231. The number of nitrogens with zero attached hydrogens (tertiary/aromatic N) is 3. The van der Waals surface area contributed by atoms with Gasteiger partial charge < -0.3 is 10.6 Å². The van der Waals surface area contributed by atoms with E-state index in [1.807, 2.05) is 6.92 Å². The van der Waals surface area contributed by atoms with Crippen LogP contribution >= 0.6 is 0 Å². The first-order valence-corrected chi connectivity index (χ1v) is 5.89. The molecule has 19 heavy (non-hydrogen) atoms. The first-order valence-electron chi connectivity index (χ1n) is 5.89. The number of aryl methyl sites for hydroxylation is 1. The van der Waals surface area contributed by atoms with E-state index in [1.165, 1.54) is 27.9 Å². The van der Waals surface area contributed by atoms with E-state index in [4.69, 9.17) is 5.73 Å². The SMILES string of the molecule is CCN(C(=O)c1c(N)cnn1C)c1cccc(F)c1. The predicted molar refractivity (Wildman–Crippen MR) is 71.4 cm³/mol. The van der Waals surface area contributed by atoms with Gasteiger partial charge in [-0.2, -0.15) is 5.10 Å². The van der Waals surface area contributed by atoms with Crippen LogP contribution in [0.5, 0.6) is 0 Å². The van der Waals surface area contributed by atoms with E-state index in [9.17, 15) is 9.18 Å². The van der Waals surface area contributed by atoms with Crippen LogP contribution in [0.3, 0.4) is 0 Å². The molecule has 0 spiro atoms. The van der Waals surface area contributed by atoms with Gasteiger partial charge in [0.2, 0.25) is 0 Å². The molecule has 0 aliphatic rings. The summed E-state index contributed by atoms with van der Waals surface area (Å²) in [6.07, 6.45) is 1.42. The van der Waals surface area contributed by atoms with Gasteiger partial charge in [0.05, 0.1) is 11.9 Å². The van der Waals surface area contributed by atoms with Crippen LogP contribution in [-0.4, -0.2) is 22.2 Å². The molecule has 0 atom stereocenters. The van der Waals surface area contributed by atoms with Crippen molar-refractivity contribution < 1.29 is 9.18 Å². The van der Waals surface area contributed by atoms with Gasteiger partial charge in [-0.15, -0.1) is 0 Å². The van der Waals surface area contributed by atoms with Crippen molar-refractivity contribution in [2.45, 2.75) is 6.92 Å². The van der Waals surface area contributed by atoms with Gasteiger partial charge in [-0.25, -0.2) is 4.39 Å². The van der Waals surface area contributed by atoms with Crippen molar-refractivity contribution in [1.82, 2.24) is 9.78 Å². The number of amides is 1. The summed E-state index contributed by atoms with van der Waals surface area (Å²) < 4.78 is 14.7. The zero-order valence-corrected chi connectivity index (χ0v) is 10.8. The van der Waals surface area contributed by atoms with E-state index in [1.54, 1.807) is 19.2 Å². The molecule has 1 heterocycles. The van der Waals surface area contributed by atoms with E-state index < -0.39 is 0 Å². The van der Waals surface area contributed by atoms with Crippen LogP contribution in [0.15, 0.2) is 30.5 Å². The lowest BCUT2D eigenvalue weighted by atomic mass is 10.2. The Morgan fingerprint density at radius 1 is 1.53 bits per heavy atom. The lowest BCUT2D eigenvalue weighted by Gasteiger charge is -2.21. The van der Waals surface area contributed by atoms with E-state index in [0.29, 0.717) is 23.6 Å². The fourth-order valence-corrected chi connectivity index (χ4v) is 1.93. The molecule has 0 aliphatic carbocycles. The average molecular weight is 262 g/mol. The molecular formula is C13H15FN4O. The number of hydrogen-bond donors (Lipinski definition) is 1. The summed E-state index contributed by atoms with van der Waals surface area (Å²) in [5, 5.41) is 3.94. The lowest BCUT2D eigenvalue weighted by Crippen LogP contribution is -2.32. The molecule has 0 saturated heterocycles. The Hall–Kier alpha value is -2.37. The van der Waals surface area contributed by atoms with Gasteiger partial charge in [0.15, 0.2) is 0 Å². The molecule has 5 nitrogen and oxygen atoms in total. The summed E-state index contributed by atoms with van der Waals surface area (Å²) in [7, 11) is 1.64. The van der Waals surface area contributed by atoms with Crippen molar-refractivity contribution in [2.75, 3.05) is 17.2 Å². The van der Waals surface area contributed by atoms with Crippen molar-refractivity contribution in [3.05, 3.63) is 42.0 Å². The third kappa shape index (κ3) is 2.42. The Labute approximate surface area is 110 Å². The minimum absolute atomic E-state index is 0.297. The molecule has 2 rings (SSSR count). The Morgan fingerprint density at radius 2 is 2.26 bits per heavy atom. The zero-order valence-electron chi connectivity index (χ0n) is 10.8. The van der Waals surface area contributed by atoms with Gasteiger partial charge in [-0.3, -0.25) is 9.48 Å². The summed E-state index contributed by atoms with van der Waals surface area (Å²) in [6, 6.07) is 5.89. The number of hydrogen-bond acceptors (Lipinski definition) is 3. The number of nitrogens with two attached hydrogens (primary N) is 1. The van der Waals surface area contributed by atoms with Crippen LogP contribution in [0.25, 0.3) is 0 Å². The normalized spacial score (nSPS) is 10.5. The maximum absolute atomic E-state index is 13.2. The van der Waals surface area contributed by atoms with Crippen molar-refractivity contribution >= 4 is 17.3 Å². The van der Waals surface area contributed by atoms with Crippen LogP contribution < -0.4 is 10.6 Å². The maximum atomic E-state index is 13.2. The number of benzene rings is 1. The minimum atomic E-state index is -0.387. The highest BCUT2D eigenvalue weighted by atomic mass is 19.1. The second-order valence-corrected chi connectivity index (χ2v) is 4.10. The second-order valence-electron chi connectivity index (χ2n) is 4.10. The van der Waals surface area contributed by atoms with Crippen molar-refractivity contribution in [2.24, 2.45) is 7.05 Å². The number of anilines is 2. The summed E-state index contributed by atoms with van der Waals surface area (Å²) in [6.45, 7) is 2.22. The van der Waals surface area contributed by atoms with E-state index >= 15 is 0 Å². The molecule has 2 aromatic rings. The predicted octanol–water partition coefficient (Wildman–Crippen LogP) is 1.81. The molecule has 0 saturated carbocycles. The Kier molecular flexibility index (Phi) is 3.50. The van der Waals surface area contributed by atoms with Gasteiger partial charge in [-0.1, -0.05) is 6.07 Å². The number of nitrogen functional groups attached to an aromatic ring is 1. The Bertz CT molecular complexity index is 589. The first-order chi connectivity index (χ1) is 9.04. The molecule has 0 bridgehead atoms. The highest BCUT2D eigenvalue weighted by molar-refractivity contribution is 6.08. The van der Waals surface area contributed by atoms with Crippen LogP contribution in [0, 0.1) is 5.82 Å². The molecule has 1 aromatic carbocycles. The number of carbonyl (C=O) groups is 1. The van der Waals surface area contributed by atoms with E-state index in [-0.39, 0.29) is 11.7 Å². The van der Waals surface area contributed by atoms with Gasteiger partial charge in [0, 0.05) is 19.3 Å². The van der Waals surface area contributed by atoms with Gasteiger partial charge in [0.1, 0.15) is 11.5 Å². The molecule has 6 heteroatoms. The summed E-state index contributed by atoms with van der Waals surface area (Å²) in [5.74, 6) is -0.688. The number of halogens is 1. The maximum Gasteiger partial charge on any atom is 0.278 e. The van der Waals surface area contributed by atoms with Crippen LogP contribution in [0.2, 0.25) is 0 Å². The summed E-state index contributed by atoms with van der Waals surface area (Å²) in [4.78, 5) is 13.9. The molecule has 0 aliphatic heterocycles. The van der Waals surface area contributed by atoms with Gasteiger partial charge in [-0.05, 0) is 25.1 Å². The molecule has 2 N–H and O–H groups in total. The summed E-state index contributed by atoms with van der Waals surface area (Å²) >= 11 is 0. The highest BCUT2D eigenvalue weighted by Crippen LogP contribution is 2.20. The molecule has 0 radical (unpaired) electrons. The molecule has 0 fully saturated rings. The molecular weight excluding hydrogens is 247 g/mol. The Balaban J connectivity index is 2.40. The summed E-state index contributed by atoms with van der Waals surface area (Å²) in [5.41, 5.74) is 6.84. The van der Waals surface area contributed by atoms with Gasteiger partial charge in [0.25, 0.3) is 5.91 Å². The number of aromatic nitrogens is 2. The molecule has 100 valence electrons. The highest BCUT2D eigenvalue weighted by Gasteiger charge is 2.22. The van der Waals surface area contributed by atoms with Crippen molar-refractivity contribution in [3.63, 3.8) is 0 Å².